The van der Waals surface area contributed by atoms with Crippen LogP contribution < -0.4 is 10.6 Å². The molecule has 0 aromatic heterocycles. The van der Waals surface area contributed by atoms with Gasteiger partial charge < -0.3 is 15.4 Å². The molecule has 0 aliphatic carbocycles. The minimum absolute atomic E-state index is 0.00127. The van der Waals surface area contributed by atoms with Gasteiger partial charge in [0.15, 0.2) is 0 Å². The number of hydrogen-bond acceptors (Lipinski definition) is 3. The van der Waals surface area contributed by atoms with Crippen LogP contribution in [-0.4, -0.2) is 37.6 Å². The van der Waals surface area contributed by atoms with Crippen molar-refractivity contribution in [3.8, 4) is 0 Å². The van der Waals surface area contributed by atoms with E-state index in [-0.39, 0.29) is 31.1 Å². The second-order valence-electron chi connectivity index (χ2n) is 3.49. The lowest BCUT2D eigenvalue weighted by Crippen LogP contribution is -2.38. The quantitative estimate of drug-likeness (QED) is 0.632. The van der Waals surface area contributed by atoms with E-state index in [1.807, 2.05) is 20.8 Å². The summed E-state index contributed by atoms with van der Waals surface area (Å²) in [6, 6.07) is 0. The van der Waals surface area contributed by atoms with Crippen LogP contribution in [0.4, 0.5) is 0 Å². The van der Waals surface area contributed by atoms with Crippen molar-refractivity contribution in [3.63, 3.8) is 0 Å². The summed E-state index contributed by atoms with van der Waals surface area (Å²) in [6.07, 6.45) is 0.903. The highest BCUT2D eigenvalue weighted by Gasteiger charge is 2.05. The minimum Gasteiger partial charge on any atom is -0.369 e. The Hall–Kier alpha value is -1.10. The van der Waals surface area contributed by atoms with Gasteiger partial charge in [-0.3, -0.25) is 9.59 Å². The molecule has 15 heavy (non-hydrogen) atoms. The van der Waals surface area contributed by atoms with Crippen molar-refractivity contribution in [2.75, 3.05) is 19.7 Å². The Bertz CT molecular complexity index is 205. The van der Waals surface area contributed by atoms with Gasteiger partial charge in [0, 0.05) is 6.54 Å². The Labute approximate surface area is 90.6 Å². The first-order valence-electron chi connectivity index (χ1n) is 5.21. The van der Waals surface area contributed by atoms with Crippen LogP contribution in [0.1, 0.15) is 27.2 Å². The SMILES string of the molecule is CCCNC(=O)CNC(=O)COC(C)C. The van der Waals surface area contributed by atoms with E-state index < -0.39 is 0 Å². The Morgan fingerprint density at radius 3 is 2.40 bits per heavy atom. The van der Waals surface area contributed by atoms with E-state index in [4.69, 9.17) is 4.74 Å². The molecular formula is C10H20N2O3. The molecule has 0 bridgehead atoms. The molecule has 0 saturated carbocycles. The van der Waals surface area contributed by atoms with Gasteiger partial charge in [-0.05, 0) is 20.3 Å². The molecule has 0 aromatic carbocycles. The molecule has 0 rings (SSSR count). The van der Waals surface area contributed by atoms with Crippen molar-refractivity contribution in [1.29, 1.82) is 0 Å². The molecule has 0 aliphatic rings. The summed E-state index contributed by atoms with van der Waals surface area (Å²) in [5.41, 5.74) is 0. The van der Waals surface area contributed by atoms with Crippen LogP contribution in [0.25, 0.3) is 0 Å². The fourth-order valence-corrected chi connectivity index (χ4v) is 0.799. The van der Waals surface area contributed by atoms with Crippen LogP contribution in [0.3, 0.4) is 0 Å². The Morgan fingerprint density at radius 2 is 1.87 bits per heavy atom. The summed E-state index contributed by atoms with van der Waals surface area (Å²) in [5.74, 6) is -0.440. The van der Waals surface area contributed by atoms with Gasteiger partial charge in [-0.15, -0.1) is 0 Å². The van der Waals surface area contributed by atoms with Crippen LogP contribution in [0.15, 0.2) is 0 Å². The van der Waals surface area contributed by atoms with E-state index in [1.54, 1.807) is 0 Å². The second-order valence-corrected chi connectivity index (χ2v) is 3.49. The Morgan fingerprint density at radius 1 is 1.20 bits per heavy atom. The second kappa shape index (κ2) is 8.23. The lowest BCUT2D eigenvalue weighted by molar-refractivity contribution is -0.130. The number of hydrogen-bond donors (Lipinski definition) is 2. The van der Waals surface area contributed by atoms with Gasteiger partial charge in [-0.1, -0.05) is 6.92 Å². The molecule has 0 atom stereocenters. The van der Waals surface area contributed by atoms with Crippen molar-refractivity contribution >= 4 is 11.8 Å². The highest BCUT2D eigenvalue weighted by molar-refractivity contribution is 5.85. The van der Waals surface area contributed by atoms with Gasteiger partial charge in [0.25, 0.3) is 0 Å². The molecule has 0 unspecified atom stereocenters. The zero-order valence-corrected chi connectivity index (χ0v) is 9.63. The standard InChI is InChI=1S/C10H20N2O3/c1-4-5-11-9(13)6-12-10(14)7-15-8(2)3/h8H,4-7H2,1-3H3,(H,11,13)(H,12,14). The molecule has 5 nitrogen and oxygen atoms in total. The Kier molecular flexibility index (Phi) is 7.62. The van der Waals surface area contributed by atoms with E-state index in [9.17, 15) is 9.59 Å². The van der Waals surface area contributed by atoms with Gasteiger partial charge >= 0.3 is 0 Å². The van der Waals surface area contributed by atoms with Gasteiger partial charge in [-0.2, -0.15) is 0 Å². The normalized spacial score (nSPS) is 10.1. The highest BCUT2D eigenvalue weighted by Crippen LogP contribution is 1.85. The third-order valence-electron chi connectivity index (χ3n) is 1.57. The molecule has 2 amide bonds. The fourth-order valence-electron chi connectivity index (χ4n) is 0.799. The summed E-state index contributed by atoms with van der Waals surface area (Å²) < 4.78 is 5.07. The first-order chi connectivity index (χ1) is 7.06. The van der Waals surface area contributed by atoms with E-state index in [0.717, 1.165) is 6.42 Å². The predicted octanol–water partition coefficient (Wildman–Crippen LogP) is 0.0538. The molecule has 0 heterocycles. The first-order valence-corrected chi connectivity index (χ1v) is 5.21. The average Bonchev–Trinajstić information content (AvgIpc) is 2.20. The monoisotopic (exact) mass is 216 g/mol. The minimum atomic E-state index is -0.268. The summed E-state index contributed by atoms with van der Waals surface area (Å²) in [7, 11) is 0. The lowest BCUT2D eigenvalue weighted by Gasteiger charge is -2.08. The molecule has 5 heteroatoms. The molecule has 2 N–H and O–H groups in total. The number of carbonyl (C=O) groups is 2. The van der Waals surface area contributed by atoms with Crippen molar-refractivity contribution < 1.29 is 14.3 Å². The molecule has 88 valence electrons. The molecule has 0 fully saturated rings. The van der Waals surface area contributed by atoms with E-state index in [0.29, 0.717) is 6.54 Å². The Balaban J connectivity index is 3.49. The summed E-state index contributed by atoms with van der Waals surface area (Å²) >= 11 is 0. The molecular weight excluding hydrogens is 196 g/mol. The maximum atomic E-state index is 11.1. The molecule has 0 saturated heterocycles. The van der Waals surface area contributed by atoms with Crippen LogP contribution in [-0.2, 0) is 14.3 Å². The third-order valence-corrected chi connectivity index (χ3v) is 1.57. The fraction of sp³-hybridized carbons (Fsp3) is 0.800. The number of nitrogens with one attached hydrogen (secondary N) is 2. The van der Waals surface area contributed by atoms with E-state index >= 15 is 0 Å². The van der Waals surface area contributed by atoms with Crippen molar-refractivity contribution in [1.82, 2.24) is 10.6 Å². The van der Waals surface area contributed by atoms with Gasteiger partial charge in [0.1, 0.15) is 6.61 Å². The number of amides is 2. The maximum Gasteiger partial charge on any atom is 0.246 e. The molecule has 0 radical (unpaired) electrons. The van der Waals surface area contributed by atoms with Crippen molar-refractivity contribution in [3.05, 3.63) is 0 Å². The van der Waals surface area contributed by atoms with Gasteiger partial charge in [0.2, 0.25) is 11.8 Å². The highest BCUT2D eigenvalue weighted by atomic mass is 16.5. The molecule has 0 spiro atoms. The molecule has 0 aromatic rings. The summed E-state index contributed by atoms with van der Waals surface area (Å²) in [4.78, 5) is 22.2. The van der Waals surface area contributed by atoms with Crippen LogP contribution in [0, 0.1) is 0 Å². The van der Waals surface area contributed by atoms with Crippen molar-refractivity contribution in [2.24, 2.45) is 0 Å². The average molecular weight is 216 g/mol. The maximum absolute atomic E-state index is 11.1. The largest absolute Gasteiger partial charge is 0.369 e. The predicted molar refractivity (Wildman–Crippen MR) is 57.4 cm³/mol. The van der Waals surface area contributed by atoms with Gasteiger partial charge in [0.05, 0.1) is 12.6 Å². The van der Waals surface area contributed by atoms with Crippen molar-refractivity contribution in [2.45, 2.75) is 33.3 Å². The number of rotatable bonds is 7. The van der Waals surface area contributed by atoms with E-state index in [1.165, 1.54) is 0 Å². The zero-order valence-electron chi connectivity index (χ0n) is 9.63. The van der Waals surface area contributed by atoms with Gasteiger partial charge in [-0.25, -0.2) is 0 Å². The van der Waals surface area contributed by atoms with Crippen LogP contribution >= 0.6 is 0 Å². The first kappa shape index (κ1) is 13.9. The number of ether oxygens (including phenoxy) is 1. The van der Waals surface area contributed by atoms with Crippen LogP contribution in [0.2, 0.25) is 0 Å². The summed E-state index contributed by atoms with van der Waals surface area (Å²) in [5, 5.41) is 5.13. The lowest BCUT2D eigenvalue weighted by atomic mass is 10.4. The smallest absolute Gasteiger partial charge is 0.246 e. The molecule has 0 aliphatic heterocycles. The summed E-state index contributed by atoms with van der Waals surface area (Å²) in [6.45, 7) is 6.31. The zero-order chi connectivity index (χ0) is 11.7. The van der Waals surface area contributed by atoms with E-state index in [2.05, 4.69) is 10.6 Å². The third kappa shape index (κ3) is 9.21. The van der Waals surface area contributed by atoms with Crippen LogP contribution in [0.5, 0.6) is 0 Å². The topological polar surface area (TPSA) is 67.4 Å². The number of carbonyl (C=O) groups excluding carboxylic acids is 2.